The van der Waals surface area contributed by atoms with Crippen LogP contribution in [0, 0.1) is 5.92 Å². The van der Waals surface area contributed by atoms with E-state index >= 15 is 0 Å². The highest BCUT2D eigenvalue weighted by Gasteiger charge is 2.19. The highest BCUT2D eigenvalue weighted by molar-refractivity contribution is 6.30. The largest absolute Gasteiger partial charge is 0.330 e. The molecule has 4 heteroatoms. The second-order valence-corrected chi connectivity index (χ2v) is 6.16. The van der Waals surface area contributed by atoms with E-state index in [4.69, 9.17) is 17.3 Å². The fourth-order valence-corrected chi connectivity index (χ4v) is 3.19. The van der Waals surface area contributed by atoms with Gasteiger partial charge in [-0.05, 0) is 43.7 Å². The van der Waals surface area contributed by atoms with Crippen LogP contribution in [0.2, 0.25) is 5.02 Å². The quantitative estimate of drug-likeness (QED) is 0.936. The lowest BCUT2D eigenvalue weighted by Gasteiger charge is -2.26. The number of hydrogen-bond acceptors (Lipinski definition) is 2. The number of aromatic nitrogens is 2. The van der Waals surface area contributed by atoms with E-state index in [-0.39, 0.29) is 0 Å². The van der Waals surface area contributed by atoms with Crippen LogP contribution in [0.3, 0.4) is 0 Å². The van der Waals surface area contributed by atoms with Gasteiger partial charge in [0.2, 0.25) is 0 Å². The van der Waals surface area contributed by atoms with Crippen molar-refractivity contribution < 1.29 is 0 Å². The Bertz CT molecular complexity index is 571. The van der Waals surface area contributed by atoms with Crippen molar-refractivity contribution in [2.45, 2.75) is 38.3 Å². The van der Waals surface area contributed by atoms with Gasteiger partial charge >= 0.3 is 0 Å². The molecule has 0 saturated heterocycles. The van der Waals surface area contributed by atoms with E-state index in [0.29, 0.717) is 12.0 Å². The molecule has 0 atom stereocenters. The highest BCUT2D eigenvalue weighted by Crippen LogP contribution is 2.28. The van der Waals surface area contributed by atoms with Crippen LogP contribution in [0.4, 0.5) is 0 Å². The molecule has 20 heavy (non-hydrogen) atoms. The molecule has 106 valence electrons. The molecule has 0 spiro atoms. The Kier molecular flexibility index (Phi) is 4.08. The number of nitrogens with zero attached hydrogens (tertiary/aromatic N) is 2. The summed E-state index contributed by atoms with van der Waals surface area (Å²) in [5.74, 6) is 0.710. The molecule has 1 aliphatic rings. The van der Waals surface area contributed by atoms with Crippen molar-refractivity contribution in [2.75, 3.05) is 0 Å². The Balaban J connectivity index is 1.77. The number of nitrogens with two attached hydrogens (primary N) is 1. The maximum atomic E-state index is 6.08. The summed E-state index contributed by atoms with van der Waals surface area (Å²) in [7, 11) is 0. The first kappa shape index (κ1) is 13.7. The van der Waals surface area contributed by atoms with Crippen LogP contribution in [-0.2, 0) is 6.54 Å². The molecule has 0 aliphatic heterocycles. The molecule has 0 bridgehead atoms. The minimum Gasteiger partial charge on any atom is -0.330 e. The normalized spacial score (nSPS) is 22.9. The highest BCUT2D eigenvalue weighted by atomic mass is 35.5. The molecular formula is C16H20ClN3. The predicted octanol–water partition coefficient (Wildman–Crippen LogP) is 3.72. The average Bonchev–Trinajstić information content (AvgIpc) is 2.89. The summed E-state index contributed by atoms with van der Waals surface area (Å²) < 4.78 is 2.24. The Morgan fingerprint density at radius 1 is 1.25 bits per heavy atom. The van der Waals surface area contributed by atoms with Crippen LogP contribution in [0.25, 0.3) is 11.3 Å². The van der Waals surface area contributed by atoms with E-state index in [0.717, 1.165) is 35.7 Å². The number of rotatable bonds is 3. The van der Waals surface area contributed by atoms with Crippen molar-refractivity contribution in [2.24, 2.45) is 11.7 Å². The van der Waals surface area contributed by atoms with Crippen LogP contribution < -0.4 is 5.73 Å². The van der Waals surface area contributed by atoms with Gasteiger partial charge in [0.25, 0.3) is 0 Å². The standard InChI is InChI=1S/C16H20ClN3/c17-14-3-1-2-13(8-14)16-9-19-11-20(16)10-12-4-6-15(18)7-5-12/h1-3,8-9,11-12,15H,4-7,10,18H2. The molecule has 1 saturated carbocycles. The van der Waals surface area contributed by atoms with Gasteiger partial charge in [0.15, 0.2) is 0 Å². The number of hydrogen-bond donors (Lipinski definition) is 1. The Labute approximate surface area is 124 Å². The summed E-state index contributed by atoms with van der Waals surface area (Å²) >= 11 is 6.08. The van der Waals surface area contributed by atoms with Crippen molar-refractivity contribution >= 4 is 11.6 Å². The Hall–Kier alpha value is -1.32. The van der Waals surface area contributed by atoms with Crippen molar-refractivity contribution in [1.82, 2.24) is 9.55 Å². The number of halogens is 1. The van der Waals surface area contributed by atoms with Gasteiger partial charge in [-0.2, -0.15) is 0 Å². The zero-order chi connectivity index (χ0) is 13.9. The van der Waals surface area contributed by atoms with E-state index in [1.807, 2.05) is 30.7 Å². The van der Waals surface area contributed by atoms with Gasteiger partial charge in [-0.25, -0.2) is 4.98 Å². The third kappa shape index (κ3) is 3.05. The summed E-state index contributed by atoms with van der Waals surface area (Å²) in [6, 6.07) is 8.35. The zero-order valence-electron chi connectivity index (χ0n) is 11.5. The number of benzene rings is 1. The minimum atomic E-state index is 0.404. The molecule has 2 aromatic rings. The molecule has 1 aromatic heterocycles. The second-order valence-electron chi connectivity index (χ2n) is 5.72. The van der Waals surface area contributed by atoms with E-state index in [1.165, 1.54) is 12.8 Å². The lowest BCUT2D eigenvalue weighted by molar-refractivity contribution is 0.295. The molecule has 0 amide bonds. The minimum absolute atomic E-state index is 0.404. The van der Waals surface area contributed by atoms with Crippen LogP contribution >= 0.6 is 11.6 Å². The maximum absolute atomic E-state index is 6.08. The summed E-state index contributed by atoms with van der Waals surface area (Å²) in [6.07, 6.45) is 8.56. The van der Waals surface area contributed by atoms with Gasteiger partial charge in [-0.3, -0.25) is 0 Å². The third-order valence-corrected chi connectivity index (χ3v) is 4.41. The fourth-order valence-electron chi connectivity index (χ4n) is 3.00. The Morgan fingerprint density at radius 2 is 2.05 bits per heavy atom. The van der Waals surface area contributed by atoms with Crippen LogP contribution in [0.15, 0.2) is 36.8 Å². The topological polar surface area (TPSA) is 43.8 Å². The Morgan fingerprint density at radius 3 is 2.80 bits per heavy atom. The lowest BCUT2D eigenvalue weighted by Crippen LogP contribution is -2.28. The van der Waals surface area contributed by atoms with Gasteiger partial charge < -0.3 is 10.3 Å². The first-order valence-electron chi connectivity index (χ1n) is 7.24. The first-order valence-corrected chi connectivity index (χ1v) is 7.62. The lowest BCUT2D eigenvalue weighted by atomic mass is 9.86. The van der Waals surface area contributed by atoms with Crippen molar-refractivity contribution in [1.29, 1.82) is 0 Å². The molecule has 1 aromatic carbocycles. The molecule has 3 nitrogen and oxygen atoms in total. The molecule has 1 aliphatic carbocycles. The molecule has 3 rings (SSSR count). The van der Waals surface area contributed by atoms with Crippen LogP contribution in [0.1, 0.15) is 25.7 Å². The average molecular weight is 290 g/mol. The third-order valence-electron chi connectivity index (χ3n) is 4.18. The van der Waals surface area contributed by atoms with Gasteiger partial charge in [-0.1, -0.05) is 23.7 Å². The molecular weight excluding hydrogens is 270 g/mol. The summed E-state index contributed by atoms with van der Waals surface area (Å²) in [6.45, 7) is 1.02. The van der Waals surface area contributed by atoms with Crippen molar-refractivity contribution in [3.63, 3.8) is 0 Å². The van der Waals surface area contributed by atoms with Gasteiger partial charge in [0.05, 0.1) is 18.2 Å². The van der Waals surface area contributed by atoms with Crippen molar-refractivity contribution in [3.8, 4) is 11.3 Å². The van der Waals surface area contributed by atoms with Crippen LogP contribution in [0.5, 0.6) is 0 Å². The first-order chi connectivity index (χ1) is 9.72. The van der Waals surface area contributed by atoms with Crippen LogP contribution in [-0.4, -0.2) is 15.6 Å². The maximum Gasteiger partial charge on any atom is 0.0951 e. The summed E-state index contributed by atoms with van der Waals surface area (Å²) in [5, 5.41) is 0.763. The second kappa shape index (κ2) is 5.98. The summed E-state index contributed by atoms with van der Waals surface area (Å²) in [5.41, 5.74) is 8.24. The van der Waals surface area contributed by atoms with Gasteiger partial charge in [0.1, 0.15) is 0 Å². The molecule has 0 unspecified atom stereocenters. The monoisotopic (exact) mass is 289 g/mol. The van der Waals surface area contributed by atoms with E-state index in [1.54, 1.807) is 0 Å². The van der Waals surface area contributed by atoms with Crippen molar-refractivity contribution in [3.05, 3.63) is 41.8 Å². The van der Waals surface area contributed by atoms with Gasteiger partial charge in [-0.15, -0.1) is 0 Å². The number of imidazole rings is 1. The van der Waals surface area contributed by atoms with E-state index in [9.17, 15) is 0 Å². The fraction of sp³-hybridized carbons (Fsp3) is 0.438. The SMILES string of the molecule is NC1CCC(Cn2cncc2-c2cccc(Cl)c2)CC1. The van der Waals surface area contributed by atoms with Gasteiger partial charge in [0, 0.05) is 23.2 Å². The predicted molar refractivity (Wildman–Crippen MR) is 82.6 cm³/mol. The summed E-state index contributed by atoms with van der Waals surface area (Å²) in [4.78, 5) is 4.30. The molecule has 0 radical (unpaired) electrons. The smallest absolute Gasteiger partial charge is 0.0951 e. The molecule has 1 heterocycles. The van der Waals surface area contributed by atoms with E-state index < -0.39 is 0 Å². The van der Waals surface area contributed by atoms with E-state index in [2.05, 4.69) is 15.6 Å². The zero-order valence-corrected chi connectivity index (χ0v) is 12.3. The molecule has 1 fully saturated rings. The molecule has 2 N–H and O–H groups in total.